The molecule has 4 amide bonds. The Morgan fingerprint density at radius 1 is 0.581 bits per heavy atom. The van der Waals surface area contributed by atoms with Gasteiger partial charge in [0, 0.05) is 38.9 Å². The van der Waals surface area contributed by atoms with Gasteiger partial charge < -0.3 is 0 Å². The van der Waals surface area contributed by atoms with E-state index in [0.717, 1.165) is 0 Å². The maximum atomic E-state index is 13.2. The minimum absolute atomic E-state index is 0.0521. The van der Waals surface area contributed by atoms with Crippen molar-refractivity contribution in [2.45, 2.75) is 16.3 Å². The smallest absolute Gasteiger partial charge is 0.261 e. The normalized spacial score (nSPS) is 14.5. The van der Waals surface area contributed by atoms with Gasteiger partial charge in [-0.3, -0.25) is 38.9 Å². The zero-order valence-corrected chi connectivity index (χ0v) is 23.7. The Balaban J connectivity index is 1.23. The van der Waals surface area contributed by atoms with Crippen LogP contribution < -0.4 is 0 Å². The van der Waals surface area contributed by atoms with E-state index in [1.165, 1.54) is 40.3 Å². The Bertz CT molecular complexity index is 1730. The zero-order valence-electron chi connectivity index (χ0n) is 22.9. The summed E-state index contributed by atoms with van der Waals surface area (Å²) < 4.78 is 26.5. The lowest BCUT2D eigenvalue weighted by Gasteiger charge is -2.26. The van der Waals surface area contributed by atoms with Crippen LogP contribution in [0, 0.1) is 0 Å². The van der Waals surface area contributed by atoms with Gasteiger partial charge in [0.1, 0.15) is 0 Å². The number of pyridine rings is 1. The highest BCUT2D eigenvalue weighted by molar-refractivity contribution is 7.91. The quantitative estimate of drug-likeness (QED) is 0.256. The number of carbonyl (C=O) groups excluding carboxylic acids is 4. The second kappa shape index (κ2) is 11.3. The van der Waals surface area contributed by atoms with Crippen LogP contribution in [0.25, 0.3) is 0 Å². The van der Waals surface area contributed by atoms with E-state index in [9.17, 15) is 27.6 Å². The third-order valence-electron chi connectivity index (χ3n) is 7.57. The fourth-order valence-corrected chi connectivity index (χ4v) is 6.63. The number of hydrogen-bond acceptors (Lipinski definition) is 8. The number of amides is 4. The molecule has 0 aliphatic carbocycles. The topological polar surface area (TPSA) is 125 Å². The minimum atomic E-state index is -3.79. The Labute approximate surface area is 248 Å². The molecule has 2 aliphatic heterocycles. The van der Waals surface area contributed by atoms with Crippen LogP contribution in [0.3, 0.4) is 0 Å². The number of imide groups is 2. The lowest BCUT2D eigenvalue weighted by Crippen LogP contribution is -2.42. The average Bonchev–Trinajstić information content (AvgIpc) is 3.43. The Morgan fingerprint density at radius 3 is 1.49 bits per heavy atom. The number of benzene rings is 3. The number of aromatic nitrogens is 1. The van der Waals surface area contributed by atoms with E-state index in [4.69, 9.17) is 0 Å². The first-order valence-electron chi connectivity index (χ1n) is 13.6. The molecule has 0 bridgehead atoms. The molecule has 0 atom stereocenters. The molecule has 1 aromatic heterocycles. The summed E-state index contributed by atoms with van der Waals surface area (Å²) in [7, 11) is -3.79. The van der Waals surface area contributed by atoms with Gasteiger partial charge in [0.15, 0.2) is 0 Å². The predicted octanol–water partition coefficient (Wildman–Crippen LogP) is 3.31. The number of nitrogens with zero attached hydrogens (tertiary/aromatic N) is 4. The zero-order chi connectivity index (χ0) is 30.1. The second-order valence-corrected chi connectivity index (χ2v) is 12.1. The van der Waals surface area contributed by atoms with Crippen LogP contribution in [0.4, 0.5) is 0 Å². The number of hydrogen-bond donors (Lipinski definition) is 0. The van der Waals surface area contributed by atoms with Crippen molar-refractivity contribution in [3.05, 3.63) is 125 Å². The van der Waals surface area contributed by atoms with Crippen molar-refractivity contribution in [2.75, 3.05) is 26.2 Å². The second-order valence-electron chi connectivity index (χ2n) is 10.2. The molecule has 4 aromatic rings. The van der Waals surface area contributed by atoms with Crippen molar-refractivity contribution in [2.24, 2.45) is 0 Å². The number of sulfone groups is 1. The van der Waals surface area contributed by atoms with Gasteiger partial charge in [0.05, 0.1) is 37.7 Å². The molecular formula is C32H26N4O6S. The van der Waals surface area contributed by atoms with E-state index >= 15 is 0 Å². The van der Waals surface area contributed by atoms with Gasteiger partial charge in [-0.05, 0) is 48.5 Å². The summed E-state index contributed by atoms with van der Waals surface area (Å²) in [5.74, 6) is -1.57. The molecule has 6 rings (SSSR count). The van der Waals surface area contributed by atoms with Crippen LogP contribution in [-0.2, 0) is 16.4 Å². The van der Waals surface area contributed by atoms with E-state index in [1.807, 2.05) is 4.90 Å². The highest BCUT2D eigenvalue weighted by Crippen LogP contribution is 2.25. The monoisotopic (exact) mass is 594 g/mol. The molecule has 0 N–H and O–H groups in total. The summed E-state index contributed by atoms with van der Waals surface area (Å²) in [5.41, 5.74) is 1.79. The van der Waals surface area contributed by atoms with E-state index < -0.39 is 33.5 Å². The molecule has 3 heterocycles. The van der Waals surface area contributed by atoms with Gasteiger partial charge in [0.25, 0.3) is 23.6 Å². The molecule has 10 nitrogen and oxygen atoms in total. The SMILES string of the molecule is O=C1c2ccccc2C(=O)N1CCN(CCN1C(=O)c2ccccc2C1=O)Cc1cc(S(=O)(=O)c2ccccc2)ccn1. The van der Waals surface area contributed by atoms with Crippen LogP contribution in [0.5, 0.6) is 0 Å². The van der Waals surface area contributed by atoms with Gasteiger partial charge in [-0.2, -0.15) is 0 Å². The van der Waals surface area contributed by atoms with Gasteiger partial charge in [-0.25, -0.2) is 8.42 Å². The van der Waals surface area contributed by atoms with Gasteiger partial charge in [-0.1, -0.05) is 42.5 Å². The first-order chi connectivity index (χ1) is 20.8. The third-order valence-corrected chi connectivity index (χ3v) is 9.34. The Kier molecular flexibility index (Phi) is 7.43. The van der Waals surface area contributed by atoms with Crippen LogP contribution >= 0.6 is 0 Å². The van der Waals surface area contributed by atoms with E-state index in [2.05, 4.69) is 4.98 Å². The summed E-state index contributed by atoms with van der Waals surface area (Å²) in [4.78, 5) is 60.6. The highest BCUT2D eigenvalue weighted by Gasteiger charge is 2.37. The maximum absolute atomic E-state index is 13.2. The molecule has 0 spiro atoms. The molecule has 0 unspecified atom stereocenters. The van der Waals surface area contributed by atoms with Crippen molar-refractivity contribution in [3.8, 4) is 0 Å². The largest absolute Gasteiger partial charge is 0.294 e. The predicted molar refractivity (Wildman–Crippen MR) is 155 cm³/mol. The van der Waals surface area contributed by atoms with Gasteiger partial charge in [-0.15, -0.1) is 0 Å². The van der Waals surface area contributed by atoms with Crippen molar-refractivity contribution >= 4 is 33.5 Å². The Morgan fingerprint density at radius 2 is 1.02 bits per heavy atom. The fraction of sp³-hybridized carbons (Fsp3) is 0.156. The van der Waals surface area contributed by atoms with Crippen LogP contribution in [-0.4, -0.2) is 77.9 Å². The summed E-state index contributed by atoms with van der Waals surface area (Å²) in [6, 6.07) is 24.2. The highest BCUT2D eigenvalue weighted by atomic mass is 32.2. The molecule has 0 saturated heterocycles. The van der Waals surface area contributed by atoms with Crippen molar-refractivity contribution < 1.29 is 27.6 Å². The minimum Gasteiger partial charge on any atom is -0.294 e. The summed E-state index contributed by atoms with van der Waals surface area (Å²) in [6.45, 7) is 0.648. The summed E-state index contributed by atoms with van der Waals surface area (Å²) in [6.07, 6.45) is 1.41. The molecular weight excluding hydrogens is 568 g/mol. The fourth-order valence-electron chi connectivity index (χ4n) is 5.31. The van der Waals surface area contributed by atoms with Crippen molar-refractivity contribution in [1.82, 2.24) is 19.7 Å². The number of rotatable bonds is 10. The van der Waals surface area contributed by atoms with Crippen molar-refractivity contribution in [3.63, 3.8) is 0 Å². The number of carbonyl (C=O) groups is 4. The molecule has 2 aliphatic rings. The van der Waals surface area contributed by atoms with Crippen molar-refractivity contribution in [1.29, 1.82) is 0 Å². The molecule has 216 valence electrons. The summed E-state index contributed by atoms with van der Waals surface area (Å²) >= 11 is 0. The summed E-state index contributed by atoms with van der Waals surface area (Å²) in [5, 5.41) is 0. The molecule has 3 aromatic carbocycles. The van der Waals surface area contributed by atoms with Gasteiger partial charge >= 0.3 is 0 Å². The third kappa shape index (κ3) is 5.24. The standard InChI is InChI=1S/C32H26N4O6S/c37-29-25-10-4-5-11-26(25)30(38)35(29)18-16-34(17-19-36-31(39)27-12-6-7-13-28(27)32(36)40)21-22-20-24(14-15-33-22)43(41,42)23-8-2-1-3-9-23/h1-15,20H,16-19,21H2. The first kappa shape index (κ1) is 28.1. The molecule has 43 heavy (non-hydrogen) atoms. The lowest BCUT2D eigenvalue weighted by atomic mass is 10.1. The van der Waals surface area contributed by atoms with E-state index in [1.54, 1.807) is 66.7 Å². The maximum Gasteiger partial charge on any atom is 0.261 e. The molecule has 0 radical (unpaired) electrons. The molecule has 11 heteroatoms. The van der Waals surface area contributed by atoms with Crippen LogP contribution in [0.15, 0.2) is 107 Å². The lowest BCUT2D eigenvalue weighted by molar-refractivity contribution is 0.0618. The van der Waals surface area contributed by atoms with Crippen LogP contribution in [0.2, 0.25) is 0 Å². The van der Waals surface area contributed by atoms with Gasteiger partial charge in [0.2, 0.25) is 9.84 Å². The molecule has 0 fully saturated rings. The number of fused-ring (bicyclic) bond motifs is 2. The van der Waals surface area contributed by atoms with E-state index in [-0.39, 0.29) is 42.5 Å². The average molecular weight is 595 g/mol. The Hall–Kier alpha value is -5.00. The first-order valence-corrected chi connectivity index (χ1v) is 15.1. The van der Waals surface area contributed by atoms with E-state index in [0.29, 0.717) is 27.9 Å². The van der Waals surface area contributed by atoms with Crippen LogP contribution in [0.1, 0.15) is 47.1 Å². The molecule has 0 saturated carbocycles.